The Kier molecular flexibility index (Phi) is 7.76. The minimum atomic E-state index is -0.0999. The summed E-state index contributed by atoms with van der Waals surface area (Å²) in [5.41, 5.74) is 6.70. The Balaban J connectivity index is 1.97. The molecule has 0 bridgehead atoms. The number of rotatable bonds is 10. The molecule has 3 aromatic rings. The molecular weight excluding hydrogens is 406 g/mol. The van der Waals surface area contributed by atoms with Gasteiger partial charge in [-0.25, -0.2) is 0 Å². The Hall–Kier alpha value is -3.75. The summed E-state index contributed by atoms with van der Waals surface area (Å²) in [6.45, 7) is 15.8. The van der Waals surface area contributed by atoms with Gasteiger partial charge in [0.05, 0.1) is 23.0 Å². The van der Waals surface area contributed by atoms with Gasteiger partial charge >= 0.3 is 0 Å². The number of nitriles is 1. The third kappa shape index (κ3) is 5.54. The zero-order valence-electron chi connectivity index (χ0n) is 20.0. The number of nitrogens with one attached hydrogen (secondary N) is 3. The quantitative estimate of drug-likeness (QED) is 0.357. The van der Waals surface area contributed by atoms with Crippen LogP contribution in [0, 0.1) is 18.3 Å². The molecule has 5 nitrogen and oxygen atoms in total. The molecule has 0 fully saturated rings. The van der Waals surface area contributed by atoms with Crippen molar-refractivity contribution in [3.63, 3.8) is 0 Å². The lowest BCUT2D eigenvalue weighted by atomic mass is 9.99. The molecule has 3 aromatic carbocycles. The first-order chi connectivity index (χ1) is 15.8. The van der Waals surface area contributed by atoms with Crippen molar-refractivity contribution in [1.82, 2.24) is 10.6 Å². The molecule has 0 spiro atoms. The van der Waals surface area contributed by atoms with Crippen molar-refractivity contribution in [1.29, 1.82) is 5.26 Å². The maximum Gasteiger partial charge on any atom is 0.100 e. The molecule has 33 heavy (non-hydrogen) atoms. The summed E-state index contributed by atoms with van der Waals surface area (Å²) in [6, 6.07) is 20.8. The molecule has 0 saturated carbocycles. The summed E-state index contributed by atoms with van der Waals surface area (Å²) in [4.78, 5) is 2.10. The van der Waals surface area contributed by atoms with Gasteiger partial charge in [-0.15, -0.1) is 0 Å². The highest BCUT2D eigenvalue weighted by atomic mass is 15.3. The fourth-order valence-corrected chi connectivity index (χ4v) is 4.18. The van der Waals surface area contributed by atoms with E-state index >= 15 is 0 Å². The summed E-state index contributed by atoms with van der Waals surface area (Å²) in [5, 5.41) is 22.2. The van der Waals surface area contributed by atoms with Gasteiger partial charge < -0.3 is 20.9 Å². The Bertz CT molecular complexity index is 1200. The molecule has 0 aromatic heterocycles. The minimum Gasteiger partial charge on any atom is -0.379 e. The number of anilines is 2. The van der Waals surface area contributed by atoms with Gasteiger partial charge in [0, 0.05) is 24.5 Å². The van der Waals surface area contributed by atoms with E-state index in [2.05, 4.69) is 90.3 Å². The van der Waals surface area contributed by atoms with Crippen molar-refractivity contribution >= 4 is 22.1 Å². The van der Waals surface area contributed by atoms with Crippen LogP contribution in [0.4, 0.5) is 11.4 Å². The molecule has 170 valence electrons. The molecule has 0 radical (unpaired) electrons. The summed E-state index contributed by atoms with van der Waals surface area (Å²) in [6.07, 6.45) is -0.0999. The molecular formula is C28H33N5. The van der Waals surface area contributed by atoms with E-state index in [-0.39, 0.29) is 6.17 Å². The van der Waals surface area contributed by atoms with Crippen LogP contribution in [0.2, 0.25) is 0 Å². The fraction of sp³-hybridized carbons (Fsp3) is 0.250. The third-order valence-electron chi connectivity index (χ3n) is 5.72. The normalized spacial score (nSPS) is 11.5. The highest BCUT2D eigenvalue weighted by Gasteiger charge is 2.20. The molecule has 3 N–H and O–H groups in total. The van der Waals surface area contributed by atoms with E-state index in [1.165, 1.54) is 21.9 Å². The first-order valence-corrected chi connectivity index (χ1v) is 11.1. The minimum absolute atomic E-state index is 0.0999. The van der Waals surface area contributed by atoms with Crippen LogP contribution in [0.15, 0.2) is 79.1 Å². The van der Waals surface area contributed by atoms with E-state index in [1.807, 2.05) is 32.2 Å². The highest BCUT2D eigenvalue weighted by Crippen LogP contribution is 2.32. The van der Waals surface area contributed by atoms with Crippen LogP contribution in [0.25, 0.3) is 10.8 Å². The van der Waals surface area contributed by atoms with Crippen molar-refractivity contribution in [2.24, 2.45) is 0 Å². The monoisotopic (exact) mass is 439 g/mol. The molecule has 1 atom stereocenters. The molecule has 5 heteroatoms. The number of fused-ring (bicyclic) bond motifs is 1. The van der Waals surface area contributed by atoms with Crippen LogP contribution >= 0.6 is 0 Å². The van der Waals surface area contributed by atoms with E-state index in [0.29, 0.717) is 18.7 Å². The average Bonchev–Trinajstić information content (AvgIpc) is 2.79. The highest BCUT2D eigenvalue weighted by molar-refractivity contribution is 5.87. The Morgan fingerprint density at radius 3 is 2.58 bits per heavy atom. The lowest BCUT2D eigenvalue weighted by molar-refractivity contribution is 0.589. The van der Waals surface area contributed by atoms with Gasteiger partial charge in [0.25, 0.3) is 0 Å². The standard InChI is InChI=1S/C28H33N5/c1-19(2)33(22(5)32-21(4)17-30-6)28-15-23(16-29)12-14-27(28)31-18-26-20(3)11-13-24-9-7-8-10-25(24)26/h7-15,22,30-32H,1,4,17-18H2,2-3,5-6H3. The van der Waals surface area contributed by atoms with Crippen LogP contribution in [0.3, 0.4) is 0 Å². The number of likely N-dealkylation sites (N-methyl/N-ethyl adjacent to an activating group) is 1. The second-order valence-corrected chi connectivity index (χ2v) is 8.34. The van der Waals surface area contributed by atoms with Gasteiger partial charge in [0.2, 0.25) is 0 Å². The molecule has 3 rings (SSSR count). The zero-order chi connectivity index (χ0) is 24.0. The predicted octanol–water partition coefficient (Wildman–Crippen LogP) is 5.64. The maximum absolute atomic E-state index is 9.54. The molecule has 0 saturated heterocycles. The number of benzene rings is 3. The summed E-state index contributed by atoms with van der Waals surface area (Å²) >= 11 is 0. The van der Waals surface area contributed by atoms with Crippen LogP contribution in [-0.4, -0.2) is 19.8 Å². The smallest absolute Gasteiger partial charge is 0.100 e. The Labute approximate surface area is 197 Å². The lowest BCUT2D eigenvalue weighted by Crippen LogP contribution is -2.43. The van der Waals surface area contributed by atoms with Crippen molar-refractivity contribution in [3.05, 3.63) is 95.8 Å². The van der Waals surface area contributed by atoms with Crippen LogP contribution in [0.5, 0.6) is 0 Å². The number of hydrogen-bond acceptors (Lipinski definition) is 5. The van der Waals surface area contributed by atoms with Gasteiger partial charge in [-0.2, -0.15) is 5.26 Å². The Morgan fingerprint density at radius 1 is 1.12 bits per heavy atom. The Morgan fingerprint density at radius 2 is 1.88 bits per heavy atom. The third-order valence-corrected chi connectivity index (χ3v) is 5.72. The van der Waals surface area contributed by atoms with Crippen LogP contribution in [-0.2, 0) is 6.54 Å². The predicted molar refractivity (Wildman–Crippen MR) is 140 cm³/mol. The van der Waals surface area contributed by atoms with Crippen LogP contribution in [0.1, 0.15) is 30.5 Å². The van der Waals surface area contributed by atoms with Gasteiger partial charge in [-0.1, -0.05) is 49.6 Å². The van der Waals surface area contributed by atoms with Crippen molar-refractivity contribution in [2.75, 3.05) is 23.8 Å². The van der Waals surface area contributed by atoms with E-state index in [0.717, 1.165) is 22.8 Å². The molecule has 0 heterocycles. The van der Waals surface area contributed by atoms with E-state index in [1.54, 1.807) is 0 Å². The SMILES string of the molecule is C=C(CNC)NC(C)N(C(=C)C)c1cc(C#N)ccc1NCc1c(C)ccc2ccccc12. The zero-order valence-corrected chi connectivity index (χ0v) is 20.0. The molecule has 0 aliphatic heterocycles. The van der Waals surface area contributed by atoms with Gasteiger partial charge in [-0.3, -0.25) is 0 Å². The van der Waals surface area contributed by atoms with E-state index < -0.39 is 0 Å². The second kappa shape index (κ2) is 10.7. The average molecular weight is 440 g/mol. The number of allylic oxidation sites excluding steroid dienone is 1. The first kappa shape index (κ1) is 23.9. The van der Waals surface area contributed by atoms with Gasteiger partial charge in [-0.05, 0) is 67.9 Å². The largest absolute Gasteiger partial charge is 0.379 e. The van der Waals surface area contributed by atoms with Gasteiger partial charge in [0.1, 0.15) is 6.17 Å². The molecule has 1 unspecified atom stereocenters. The van der Waals surface area contributed by atoms with Gasteiger partial charge in [0.15, 0.2) is 0 Å². The molecule has 0 aliphatic rings. The maximum atomic E-state index is 9.54. The van der Waals surface area contributed by atoms with Crippen molar-refractivity contribution < 1.29 is 0 Å². The summed E-state index contributed by atoms with van der Waals surface area (Å²) in [5.74, 6) is 0. The first-order valence-electron chi connectivity index (χ1n) is 11.1. The lowest BCUT2D eigenvalue weighted by Gasteiger charge is -2.35. The number of nitrogens with zero attached hydrogens (tertiary/aromatic N) is 2. The van der Waals surface area contributed by atoms with E-state index in [9.17, 15) is 5.26 Å². The van der Waals surface area contributed by atoms with Crippen LogP contribution < -0.4 is 20.9 Å². The summed E-state index contributed by atoms with van der Waals surface area (Å²) < 4.78 is 0. The van der Waals surface area contributed by atoms with Crippen molar-refractivity contribution in [3.8, 4) is 6.07 Å². The molecule has 0 amide bonds. The number of hydrogen-bond donors (Lipinski definition) is 3. The molecule has 0 aliphatic carbocycles. The fourth-order valence-electron chi connectivity index (χ4n) is 4.18. The second-order valence-electron chi connectivity index (χ2n) is 8.34. The topological polar surface area (TPSA) is 63.1 Å². The van der Waals surface area contributed by atoms with Crippen molar-refractivity contribution in [2.45, 2.75) is 33.5 Å². The van der Waals surface area contributed by atoms with E-state index in [4.69, 9.17) is 0 Å². The summed E-state index contributed by atoms with van der Waals surface area (Å²) in [7, 11) is 1.89. The number of aryl methyl sites for hydroxylation is 1.